The summed E-state index contributed by atoms with van der Waals surface area (Å²) in [5.41, 5.74) is 3.32. The van der Waals surface area contributed by atoms with Crippen LogP contribution in [0.2, 0.25) is 0 Å². The molecule has 1 fully saturated rings. The number of fused-ring (bicyclic) bond motifs is 1. The van der Waals surface area contributed by atoms with E-state index in [4.69, 9.17) is 0 Å². The Labute approximate surface area is 213 Å². The first kappa shape index (κ1) is 26.5. The molecule has 37 heavy (non-hydrogen) atoms. The number of aryl methyl sites for hydroxylation is 1. The van der Waals surface area contributed by atoms with Crippen molar-refractivity contribution in [3.05, 3.63) is 75.5 Å². The van der Waals surface area contributed by atoms with Crippen LogP contribution in [0, 0.1) is 6.92 Å². The molecule has 0 atom stereocenters. The maximum atomic E-state index is 13.4. The van der Waals surface area contributed by atoms with E-state index in [1.807, 2.05) is 19.1 Å². The zero-order valence-corrected chi connectivity index (χ0v) is 21.0. The Morgan fingerprint density at radius 3 is 2.54 bits per heavy atom. The quantitative estimate of drug-likeness (QED) is 0.406. The van der Waals surface area contributed by atoms with E-state index in [1.54, 1.807) is 19.2 Å². The molecule has 10 heteroatoms. The van der Waals surface area contributed by atoms with E-state index in [1.165, 1.54) is 23.4 Å². The normalized spacial score (nSPS) is 16.2. The highest BCUT2D eigenvalue weighted by Gasteiger charge is 2.23. The van der Waals surface area contributed by atoms with E-state index < -0.39 is 6.61 Å². The molecule has 2 aliphatic carbocycles. The van der Waals surface area contributed by atoms with Crippen LogP contribution in [0.25, 0.3) is 11.2 Å². The van der Waals surface area contributed by atoms with Crippen molar-refractivity contribution >= 4 is 11.2 Å². The number of halogens is 3. The second-order valence-corrected chi connectivity index (χ2v) is 9.31. The van der Waals surface area contributed by atoms with Crippen LogP contribution in [0.4, 0.5) is 13.2 Å². The van der Waals surface area contributed by atoms with Gasteiger partial charge in [0.1, 0.15) is 17.0 Å². The molecule has 196 valence electrons. The Morgan fingerprint density at radius 1 is 1.11 bits per heavy atom. The lowest BCUT2D eigenvalue weighted by Gasteiger charge is -2.22. The number of hydrogen-bond acceptors (Lipinski definition) is 6. The number of ether oxygens (including phenoxy) is 1. The number of aromatic nitrogens is 5. The van der Waals surface area contributed by atoms with Gasteiger partial charge in [-0.2, -0.15) is 8.78 Å². The van der Waals surface area contributed by atoms with Gasteiger partial charge >= 0.3 is 6.61 Å². The van der Waals surface area contributed by atoms with Crippen molar-refractivity contribution < 1.29 is 17.9 Å². The summed E-state index contributed by atoms with van der Waals surface area (Å²) in [6.07, 6.45) is 14.6. The molecule has 3 aromatic rings. The molecule has 0 bridgehead atoms. The monoisotopic (exact) mass is 513 g/mol. The molecular formula is C27H30F3N5O2. The molecule has 0 aliphatic heterocycles. The molecule has 0 amide bonds. The molecule has 7 nitrogen and oxygen atoms in total. The topological polar surface area (TPSA) is 82.8 Å². The average Bonchev–Trinajstić information content (AvgIpc) is 2.87. The van der Waals surface area contributed by atoms with Crippen LogP contribution < -0.4 is 10.3 Å². The van der Waals surface area contributed by atoms with Gasteiger partial charge in [0, 0.05) is 30.6 Å². The van der Waals surface area contributed by atoms with Crippen LogP contribution in [-0.2, 0) is 6.54 Å². The Morgan fingerprint density at radius 2 is 1.86 bits per heavy atom. The molecule has 3 heterocycles. The molecule has 0 saturated heterocycles. The molecule has 0 spiro atoms. The van der Waals surface area contributed by atoms with Gasteiger partial charge in [-0.1, -0.05) is 30.9 Å². The second kappa shape index (κ2) is 12.1. The average molecular weight is 514 g/mol. The number of pyridine rings is 1. The molecule has 3 aromatic heterocycles. The standard InChI is InChI=1S/C20H21F2N5O2.C7H9F/c1-12-10-25-15-9-14(13-5-3-2-4-6-13)19(28)27(17(15)26-12)11-16-18(29-20(21)22)24-8-7-23-16;1-6-3-2-4-7(8)5-6/h7-10,13,20H,2-6,11H2,1H3;3,5H,2,4H2,1H3. The van der Waals surface area contributed by atoms with Crippen LogP contribution >= 0.6 is 0 Å². The molecule has 0 unspecified atom stereocenters. The number of rotatable bonds is 5. The lowest BCUT2D eigenvalue weighted by atomic mass is 9.84. The molecule has 5 rings (SSSR count). The highest BCUT2D eigenvalue weighted by atomic mass is 19.3. The highest BCUT2D eigenvalue weighted by Crippen LogP contribution is 2.32. The maximum Gasteiger partial charge on any atom is 0.388 e. The number of allylic oxidation sites excluding steroid dienone is 4. The van der Waals surface area contributed by atoms with E-state index in [9.17, 15) is 18.0 Å². The van der Waals surface area contributed by atoms with Gasteiger partial charge < -0.3 is 4.74 Å². The van der Waals surface area contributed by atoms with Crippen LogP contribution in [-0.4, -0.2) is 31.1 Å². The maximum absolute atomic E-state index is 13.4. The fraction of sp³-hybridized carbons (Fsp3) is 0.444. The van der Waals surface area contributed by atoms with Gasteiger partial charge in [0.25, 0.3) is 5.56 Å². The lowest BCUT2D eigenvalue weighted by Crippen LogP contribution is -2.28. The zero-order chi connectivity index (χ0) is 26.4. The molecular weight excluding hydrogens is 483 g/mol. The Kier molecular flexibility index (Phi) is 8.68. The van der Waals surface area contributed by atoms with Crippen LogP contribution in [0.1, 0.15) is 74.7 Å². The van der Waals surface area contributed by atoms with Crippen molar-refractivity contribution in [2.24, 2.45) is 0 Å². The minimum Gasteiger partial charge on any atom is -0.415 e. The molecule has 1 saturated carbocycles. The van der Waals surface area contributed by atoms with Crippen LogP contribution in [0.15, 0.2) is 53.0 Å². The lowest BCUT2D eigenvalue weighted by molar-refractivity contribution is -0.0538. The fourth-order valence-electron chi connectivity index (χ4n) is 4.70. The number of hydrogen-bond donors (Lipinski definition) is 0. The van der Waals surface area contributed by atoms with E-state index in [0.29, 0.717) is 28.8 Å². The summed E-state index contributed by atoms with van der Waals surface area (Å²) >= 11 is 0. The predicted octanol–water partition coefficient (Wildman–Crippen LogP) is 6.17. The summed E-state index contributed by atoms with van der Waals surface area (Å²) in [6.45, 7) is 0.585. The molecule has 0 aromatic carbocycles. The first-order valence-corrected chi connectivity index (χ1v) is 12.5. The first-order valence-electron chi connectivity index (χ1n) is 12.5. The van der Waals surface area contributed by atoms with Gasteiger partial charge in [-0.25, -0.2) is 14.4 Å². The highest BCUT2D eigenvalue weighted by molar-refractivity contribution is 5.71. The van der Waals surface area contributed by atoms with Crippen molar-refractivity contribution in [2.45, 2.75) is 77.9 Å². The van der Waals surface area contributed by atoms with E-state index in [2.05, 4.69) is 24.7 Å². The summed E-state index contributed by atoms with van der Waals surface area (Å²) in [6, 6.07) is 1.82. The van der Waals surface area contributed by atoms with E-state index in [0.717, 1.165) is 37.7 Å². The van der Waals surface area contributed by atoms with Crippen LogP contribution in [0.3, 0.4) is 0 Å². The molecule has 2 aliphatic rings. The molecule has 0 N–H and O–H groups in total. The summed E-state index contributed by atoms with van der Waals surface area (Å²) < 4.78 is 43.7. The van der Waals surface area contributed by atoms with Crippen molar-refractivity contribution in [1.82, 2.24) is 24.5 Å². The van der Waals surface area contributed by atoms with Gasteiger partial charge in [0.2, 0.25) is 5.88 Å². The largest absolute Gasteiger partial charge is 0.415 e. The van der Waals surface area contributed by atoms with E-state index in [-0.39, 0.29) is 35.4 Å². The third kappa shape index (κ3) is 6.81. The zero-order valence-electron chi connectivity index (χ0n) is 21.0. The van der Waals surface area contributed by atoms with Crippen molar-refractivity contribution in [3.63, 3.8) is 0 Å². The van der Waals surface area contributed by atoms with Crippen molar-refractivity contribution in [1.29, 1.82) is 0 Å². The third-order valence-electron chi connectivity index (χ3n) is 6.46. The van der Waals surface area contributed by atoms with Gasteiger partial charge in [0.05, 0.1) is 12.2 Å². The minimum absolute atomic E-state index is 0.0185. The number of nitrogens with zero attached hydrogens (tertiary/aromatic N) is 5. The van der Waals surface area contributed by atoms with Gasteiger partial charge in [0.15, 0.2) is 5.65 Å². The van der Waals surface area contributed by atoms with Crippen molar-refractivity contribution in [3.8, 4) is 5.88 Å². The van der Waals surface area contributed by atoms with Gasteiger partial charge in [-0.05, 0) is 51.2 Å². The summed E-state index contributed by atoms with van der Waals surface area (Å²) in [5.74, 6) is -0.120. The fourth-order valence-corrected chi connectivity index (χ4v) is 4.70. The first-order chi connectivity index (χ1) is 17.8. The number of alkyl halides is 2. The van der Waals surface area contributed by atoms with Crippen LogP contribution in [0.5, 0.6) is 5.88 Å². The SMILES string of the molecule is CC1=CCCC(F)=C1.Cc1cnc2cc(C3CCCCC3)c(=O)n(Cc3nccnc3OC(F)F)c2n1. The Balaban J connectivity index is 0.000000342. The third-order valence-corrected chi connectivity index (χ3v) is 6.46. The smallest absolute Gasteiger partial charge is 0.388 e. The summed E-state index contributed by atoms with van der Waals surface area (Å²) in [5, 5.41) is 0. The van der Waals surface area contributed by atoms with Gasteiger partial charge in [-0.3, -0.25) is 19.3 Å². The Hall–Kier alpha value is -3.56. The minimum atomic E-state index is -3.03. The molecule has 0 radical (unpaired) electrons. The van der Waals surface area contributed by atoms with E-state index >= 15 is 0 Å². The Bertz CT molecular complexity index is 1360. The predicted molar refractivity (Wildman–Crippen MR) is 134 cm³/mol. The second-order valence-electron chi connectivity index (χ2n) is 9.31. The van der Waals surface area contributed by atoms with Crippen molar-refractivity contribution in [2.75, 3.05) is 0 Å². The van der Waals surface area contributed by atoms with Gasteiger partial charge in [-0.15, -0.1) is 0 Å². The summed E-state index contributed by atoms with van der Waals surface area (Å²) in [4.78, 5) is 30.3. The summed E-state index contributed by atoms with van der Waals surface area (Å²) in [7, 11) is 0.